The van der Waals surface area contributed by atoms with Crippen LogP contribution in [0.25, 0.3) is 10.9 Å². The Morgan fingerprint density at radius 2 is 1.94 bits per heavy atom. The fourth-order valence-electron chi connectivity index (χ4n) is 5.51. The van der Waals surface area contributed by atoms with Crippen molar-refractivity contribution in [2.24, 2.45) is 0 Å². The molecule has 2 heterocycles. The maximum atomic E-state index is 15.6. The molecular weight excluding hydrogens is 441 g/mol. The van der Waals surface area contributed by atoms with Gasteiger partial charge in [0.15, 0.2) is 0 Å². The number of benzene rings is 1. The molecule has 5 rings (SSSR count). The van der Waals surface area contributed by atoms with Gasteiger partial charge in [-0.05, 0) is 71.4 Å². The summed E-state index contributed by atoms with van der Waals surface area (Å²) in [5.74, 6) is -1.86. The Bertz CT molecular complexity index is 1270. The van der Waals surface area contributed by atoms with Crippen LogP contribution in [0.4, 0.5) is 14.9 Å². The van der Waals surface area contributed by atoms with Crippen LogP contribution in [0.15, 0.2) is 17.1 Å². The second-order valence-corrected chi connectivity index (χ2v) is 10.8. The van der Waals surface area contributed by atoms with Gasteiger partial charge in [-0.1, -0.05) is 0 Å². The monoisotopic (exact) mass is 471 g/mol. The summed E-state index contributed by atoms with van der Waals surface area (Å²) >= 11 is 0. The number of aromatic carboxylic acids is 1. The summed E-state index contributed by atoms with van der Waals surface area (Å²) in [7, 11) is 0. The van der Waals surface area contributed by atoms with Crippen molar-refractivity contribution in [2.45, 2.75) is 83.0 Å². The molecular formula is C25H30FN3O5. The molecule has 1 spiro atoms. The molecule has 1 saturated heterocycles. The van der Waals surface area contributed by atoms with Crippen molar-refractivity contribution in [1.82, 2.24) is 9.88 Å². The molecule has 0 bridgehead atoms. The smallest absolute Gasteiger partial charge is 0.408 e. The topological polar surface area (TPSA) is 101 Å². The highest BCUT2D eigenvalue weighted by atomic mass is 19.1. The average molecular weight is 472 g/mol. The van der Waals surface area contributed by atoms with Crippen molar-refractivity contribution in [3.05, 3.63) is 39.4 Å². The van der Waals surface area contributed by atoms with Gasteiger partial charge in [0.25, 0.3) is 0 Å². The Morgan fingerprint density at radius 1 is 1.26 bits per heavy atom. The van der Waals surface area contributed by atoms with Crippen LogP contribution in [0.2, 0.25) is 0 Å². The zero-order chi connectivity index (χ0) is 24.6. The van der Waals surface area contributed by atoms with E-state index in [1.165, 1.54) is 12.3 Å². The number of rotatable bonds is 4. The molecule has 2 N–H and O–H groups in total. The van der Waals surface area contributed by atoms with Gasteiger partial charge in [0.05, 0.1) is 22.8 Å². The number of halogens is 1. The molecule has 8 nitrogen and oxygen atoms in total. The molecule has 182 valence electrons. The maximum absolute atomic E-state index is 15.6. The number of aryl methyl sites for hydroxylation is 1. The number of hydrogen-bond acceptors (Lipinski definition) is 5. The molecule has 1 aromatic heterocycles. The van der Waals surface area contributed by atoms with Crippen LogP contribution in [-0.4, -0.2) is 45.5 Å². The first kappa shape index (κ1) is 22.7. The van der Waals surface area contributed by atoms with Crippen molar-refractivity contribution >= 4 is 28.7 Å². The molecule has 2 aliphatic carbocycles. The van der Waals surface area contributed by atoms with Gasteiger partial charge in [0, 0.05) is 24.2 Å². The minimum Gasteiger partial charge on any atom is -0.477 e. The summed E-state index contributed by atoms with van der Waals surface area (Å²) in [6.07, 6.45) is 5.31. The SMILES string of the molecule is Cc1c(N2CC(NC(=O)OC(C)(C)C)C23CCC3)c(F)cc2c(=O)c(C(=O)O)cn(C3CC3)c12. The lowest BCUT2D eigenvalue weighted by molar-refractivity contribution is 0.0337. The number of amides is 1. The minimum atomic E-state index is -1.31. The van der Waals surface area contributed by atoms with Crippen LogP contribution in [0.3, 0.4) is 0 Å². The summed E-state index contributed by atoms with van der Waals surface area (Å²) in [6, 6.07) is 1.13. The highest BCUT2D eigenvalue weighted by molar-refractivity contribution is 5.95. The Hall–Kier alpha value is -3.10. The predicted molar refractivity (Wildman–Crippen MR) is 125 cm³/mol. The number of anilines is 1. The van der Waals surface area contributed by atoms with Crippen molar-refractivity contribution in [2.75, 3.05) is 11.4 Å². The first-order valence-corrected chi connectivity index (χ1v) is 11.8. The number of nitrogens with one attached hydrogen (secondary N) is 1. The largest absolute Gasteiger partial charge is 0.477 e. The molecule has 1 aromatic carbocycles. The van der Waals surface area contributed by atoms with Gasteiger partial charge < -0.3 is 24.6 Å². The molecule has 1 unspecified atom stereocenters. The van der Waals surface area contributed by atoms with Crippen molar-refractivity contribution in [1.29, 1.82) is 0 Å². The second-order valence-electron chi connectivity index (χ2n) is 10.8. The Morgan fingerprint density at radius 3 is 2.47 bits per heavy atom. The maximum Gasteiger partial charge on any atom is 0.408 e. The molecule has 1 atom stereocenters. The molecule has 1 aliphatic heterocycles. The molecule has 0 radical (unpaired) electrons. The lowest BCUT2D eigenvalue weighted by Gasteiger charge is -2.64. The number of ether oxygens (including phenoxy) is 1. The predicted octanol–water partition coefficient (Wildman–Crippen LogP) is 4.12. The first-order valence-electron chi connectivity index (χ1n) is 11.8. The van der Waals surface area contributed by atoms with E-state index in [0.29, 0.717) is 23.3 Å². The highest BCUT2D eigenvalue weighted by Gasteiger charge is 2.58. The van der Waals surface area contributed by atoms with Gasteiger partial charge in [0.2, 0.25) is 5.43 Å². The van der Waals surface area contributed by atoms with E-state index in [9.17, 15) is 19.5 Å². The third kappa shape index (κ3) is 3.44. The van der Waals surface area contributed by atoms with Crippen LogP contribution in [-0.2, 0) is 4.74 Å². The van der Waals surface area contributed by atoms with Gasteiger partial charge >= 0.3 is 12.1 Å². The van der Waals surface area contributed by atoms with E-state index in [1.54, 1.807) is 6.92 Å². The molecule has 3 aliphatic rings. The standard InChI is InChI=1S/C25H30FN3O5/c1-13-19-15(21(30)16(22(31)32)11-28(19)14-6-7-14)10-17(26)20(13)29-12-18(25(29)8-5-9-25)27-23(33)34-24(2,3)4/h10-11,14,18H,5-9,12H2,1-4H3,(H,27,33)(H,31,32). The van der Waals surface area contributed by atoms with E-state index in [1.807, 2.05) is 30.2 Å². The van der Waals surface area contributed by atoms with Crippen LogP contribution in [0, 0.1) is 12.7 Å². The van der Waals surface area contributed by atoms with Crippen LogP contribution >= 0.6 is 0 Å². The number of carboxylic acid groups (broad SMARTS) is 1. The van der Waals surface area contributed by atoms with E-state index in [4.69, 9.17) is 4.74 Å². The summed E-state index contributed by atoms with van der Waals surface area (Å²) in [4.78, 5) is 38.9. The number of hydrogen-bond donors (Lipinski definition) is 2. The molecule has 2 saturated carbocycles. The Kier molecular flexibility index (Phi) is 4.97. The number of fused-ring (bicyclic) bond motifs is 1. The average Bonchev–Trinajstić information content (AvgIpc) is 3.49. The van der Waals surface area contributed by atoms with E-state index in [2.05, 4.69) is 5.32 Å². The fraction of sp³-hybridized carbons (Fsp3) is 0.560. The molecule has 34 heavy (non-hydrogen) atoms. The lowest BCUT2D eigenvalue weighted by atomic mass is 9.64. The number of carbonyl (C=O) groups is 2. The van der Waals surface area contributed by atoms with Crippen molar-refractivity contribution in [3.63, 3.8) is 0 Å². The molecule has 1 amide bonds. The van der Waals surface area contributed by atoms with Gasteiger partial charge in [-0.15, -0.1) is 0 Å². The normalized spacial score (nSPS) is 21.2. The molecule has 2 aromatic rings. The zero-order valence-corrected chi connectivity index (χ0v) is 19.9. The number of nitrogens with zero attached hydrogens (tertiary/aromatic N) is 2. The lowest BCUT2D eigenvalue weighted by Crippen LogP contribution is -2.79. The van der Waals surface area contributed by atoms with E-state index in [0.717, 1.165) is 32.1 Å². The van der Waals surface area contributed by atoms with E-state index < -0.39 is 28.9 Å². The quantitative estimate of drug-likeness (QED) is 0.696. The van der Waals surface area contributed by atoms with Gasteiger partial charge in [-0.3, -0.25) is 4.79 Å². The second kappa shape index (κ2) is 7.45. The first-order chi connectivity index (χ1) is 15.9. The van der Waals surface area contributed by atoms with Gasteiger partial charge in [0.1, 0.15) is 17.0 Å². The number of carbonyl (C=O) groups excluding carboxylic acids is 1. The summed E-state index contributed by atoms with van der Waals surface area (Å²) in [5, 5.41) is 12.6. The van der Waals surface area contributed by atoms with Crippen LogP contribution in [0.5, 0.6) is 0 Å². The van der Waals surface area contributed by atoms with Crippen molar-refractivity contribution < 1.29 is 23.8 Å². The number of pyridine rings is 1. The third-order valence-electron chi connectivity index (χ3n) is 7.38. The zero-order valence-electron chi connectivity index (χ0n) is 19.9. The molecule has 3 fully saturated rings. The van der Waals surface area contributed by atoms with Crippen molar-refractivity contribution in [3.8, 4) is 0 Å². The minimum absolute atomic E-state index is 0.0946. The summed E-state index contributed by atoms with van der Waals surface area (Å²) in [5.41, 5.74) is -0.368. The highest BCUT2D eigenvalue weighted by Crippen LogP contribution is 2.51. The van der Waals surface area contributed by atoms with E-state index >= 15 is 4.39 Å². The Labute approximate surface area is 196 Å². The Balaban J connectivity index is 1.56. The number of carboxylic acids is 1. The van der Waals surface area contributed by atoms with Gasteiger partial charge in [-0.25, -0.2) is 14.0 Å². The molecule has 9 heteroatoms. The van der Waals surface area contributed by atoms with Crippen LogP contribution in [0.1, 0.15) is 74.8 Å². The van der Waals surface area contributed by atoms with Gasteiger partial charge in [-0.2, -0.15) is 0 Å². The fourth-order valence-corrected chi connectivity index (χ4v) is 5.51. The number of aromatic nitrogens is 1. The number of alkyl carbamates (subject to hydrolysis) is 1. The summed E-state index contributed by atoms with van der Waals surface area (Å²) in [6.45, 7) is 7.65. The third-order valence-corrected chi connectivity index (χ3v) is 7.38. The van der Waals surface area contributed by atoms with E-state index in [-0.39, 0.29) is 28.6 Å². The summed E-state index contributed by atoms with van der Waals surface area (Å²) < 4.78 is 22.8. The van der Waals surface area contributed by atoms with Crippen LogP contribution < -0.4 is 15.6 Å².